The lowest BCUT2D eigenvalue weighted by atomic mass is 10.2. The van der Waals surface area contributed by atoms with E-state index in [0.29, 0.717) is 6.61 Å². The zero-order valence-electron chi connectivity index (χ0n) is 12.8. The Balaban J connectivity index is 4.83. The Morgan fingerprint density at radius 3 is 1.78 bits per heavy atom. The third-order valence-electron chi connectivity index (χ3n) is 3.10. The van der Waals surface area contributed by atoms with Gasteiger partial charge in [0, 0.05) is 26.9 Å². The highest BCUT2D eigenvalue weighted by Gasteiger charge is 2.49. The number of hydrogen-bond donors (Lipinski definition) is 0. The molecule has 0 amide bonds. The summed E-state index contributed by atoms with van der Waals surface area (Å²) < 4.78 is 23.3. The molecule has 0 aliphatic carbocycles. The molecule has 1 atom stereocenters. The third kappa shape index (κ3) is 4.97. The predicted molar refractivity (Wildman–Crippen MR) is 75.5 cm³/mol. The second-order valence-corrected chi connectivity index (χ2v) is 7.24. The van der Waals surface area contributed by atoms with Crippen LogP contribution in [-0.4, -0.2) is 41.5 Å². The van der Waals surface area contributed by atoms with Gasteiger partial charge in [0.1, 0.15) is 5.73 Å². The van der Waals surface area contributed by atoms with Gasteiger partial charge in [0.15, 0.2) is 0 Å². The molecule has 0 saturated carbocycles. The minimum atomic E-state index is -2.74. The molecule has 5 heteroatoms. The van der Waals surface area contributed by atoms with Gasteiger partial charge in [0.25, 0.3) is 0 Å². The molecule has 0 aliphatic heterocycles. The highest BCUT2D eigenvalue weighted by atomic mass is 28.4. The fourth-order valence-corrected chi connectivity index (χ4v) is 4.59. The van der Waals surface area contributed by atoms with Crippen LogP contribution in [0.1, 0.15) is 53.4 Å². The summed E-state index contributed by atoms with van der Waals surface area (Å²) in [4.78, 5) is 0. The first-order chi connectivity index (χ1) is 8.63. The van der Waals surface area contributed by atoms with Gasteiger partial charge in [-0.3, -0.25) is 0 Å². The van der Waals surface area contributed by atoms with Crippen molar-refractivity contribution in [3.63, 3.8) is 0 Å². The molecular weight excluding hydrogens is 248 g/mol. The van der Waals surface area contributed by atoms with E-state index < -0.39 is 8.80 Å². The molecule has 0 radical (unpaired) electrons. The van der Waals surface area contributed by atoms with Crippen molar-refractivity contribution in [2.45, 2.75) is 65.2 Å². The first kappa shape index (κ1) is 18.1. The second kappa shape index (κ2) is 9.92. The van der Waals surface area contributed by atoms with E-state index in [2.05, 4.69) is 27.7 Å². The molecule has 0 N–H and O–H groups in total. The molecule has 4 nitrogen and oxygen atoms in total. The maximum Gasteiger partial charge on any atom is 0.531 e. The third-order valence-corrected chi connectivity index (χ3v) is 6.26. The summed E-state index contributed by atoms with van der Waals surface area (Å²) in [6.45, 7) is 9.12. The van der Waals surface area contributed by atoms with Crippen molar-refractivity contribution < 1.29 is 18.0 Å². The number of rotatable bonds is 11. The van der Waals surface area contributed by atoms with Crippen LogP contribution in [-0.2, 0) is 18.0 Å². The SMILES string of the molecule is CCCOC(CC)[Si](OC)(OC)OC(CC)CC. The summed E-state index contributed by atoms with van der Waals surface area (Å²) in [6, 6.07) is 0. The maximum atomic E-state index is 6.15. The van der Waals surface area contributed by atoms with E-state index >= 15 is 0 Å². The smallest absolute Gasteiger partial charge is 0.375 e. The molecule has 0 saturated heterocycles. The van der Waals surface area contributed by atoms with Gasteiger partial charge in [0.2, 0.25) is 0 Å². The Hall–Kier alpha value is 0.0569. The minimum absolute atomic E-state index is 0.0759. The summed E-state index contributed by atoms with van der Waals surface area (Å²) >= 11 is 0. The van der Waals surface area contributed by atoms with Crippen LogP contribution in [0.3, 0.4) is 0 Å². The zero-order valence-corrected chi connectivity index (χ0v) is 13.8. The lowest BCUT2D eigenvalue weighted by Gasteiger charge is -2.35. The van der Waals surface area contributed by atoms with E-state index in [4.69, 9.17) is 18.0 Å². The average molecular weight is 278 g/mol. The molecule has 0 heterocycles. The van der Waals surface area contributed by atoms with Crippen molar-refractivity contribution in [3.05, 3.63) is 0 Å². The van der Waals surface area contributed by atoms with Crippen molar-refractivity contribution in [2.75, 3.05) is 20.8 Å². The van der Waals surface area contributed by atoms with Gasteiger partial charge in [-0.05, 0) is 25.7 Å². The molecule has 0 bridgehead atoms. The van der Waals surface area contributed by atoms with Gasteiger partial charge in [-0.1, -0.05) is 27.7 Å². The Kier molecular flexibility index (Phi) is 9.95. The van der Waals surface area contributed by atoms with Crippen molar-refractivity contribution in [3.8, 4) is 0 Å². The van der Waals surface area contributed by atoms with Gasteiger partial charge in [-0.2, -0.15) is 0 Å². The van der Waals surface area contributed by atoms with Crippen molar-refractivity contribution >= 4 is 8.80 Å². The fourth-order valence-electron chi connectivity index (χ4n) is 1.94. The van der Waals surface area contributed by atoms with Crippen LogP contribution in [0.4, 0.5) is 0 Å². The van der Waals surface area contributed by atoms with E-state index in [0.717, 1.165) is 25.7 Å². The molecule has 0 aromatic heterocycles. The Morgan fingerprint density at radius 1 is 0.889 bits per heavy atom. The van der Waals surface area contributed by atoms with Gasteiger partial charge < -0.3 is 18.0 Å². The van der Waals surface area contributed by atoms with Crippen LogP contribution < -0.4 is 0 Å². The van der Waals surface area contributed by atoms with Crippen LogP contribution >= 0.6 is 0 Å². The average Bonchev–Trinajstić information content (AvgIpc) is 2.43. The van der Waals surface area contributed by atoms with Crippen molar-refractivity contribution in [2.24, 2.45) is 0 Å². The summed E-state index contributed by atoms with van der Waals surface area (Å²) in [5, 5.41) is 0. The summed E-state index contributed by atoms with van der Waals surface area (Å²) in [6.07, 6.45) is 3.92. The summed E-state index contributed by atoms with van der Waals surface area (Å²) in [7, 11) is 0.588. The van der Waals surface area contributed by atoms with Crippen molar-refractivity contribution in [1.29, 1.82) is 0 Å². The summed E-state index contributed by atoms with van der Waals surface area (Å²) in [5.74, 6) is 0. The molecule has 0 fully saturated rings. The van der Waals surface area contributed by atoms with E-state index in [1.165, 1.54) is 0 Å². The van der Waals surface area contributed by atoms with Crippen LogP contribution in [0.5, 0.6) is 0 Å². The topological polar surface area (TPSA) is 36.9 Å². The monoisotopic (exact) mass is 278 g/mol. The highest BCUT2D eigenvalue weighted by molar-refractivity contribution is 6.62. The van der Waals surface area contributed by atoms with Crippen LogP contribution in [0.15, 0.2) is 0 Å². The lowest BCUT2D eigenvalue weighted by molar-refractivity contribution is -0.0182. The largest absolute Gasteiger partial charge is 0.531 e. The minimum Gasteiger partial charge on any atom is -0.375 e. The molecular formula is C13H30O4Si. The molecule has 0 aliphatic rings. The van der Waals surface area contributed by atoms with Gasteiger partial charge in [-0.25, -0.2) is 0 Å². The molecule has 0 aromatic rings. The maximum absolute atomic E-state index is 6.15. The van der Waals surface area contributed by atoms with E-state index in [-0.39, 0.29) is 11.8 Å². The normalized spacial score (nSPS) is 14.2. The molecule has 0 aromatic carbocycles. The van der Waals surface area contributed by atoms with Crippen molar-refractivity contribution in [1.82, 2.24) is 0 Å². The first-order valence-corrected chi connectivity index (χ1v) is 8.83. The van der Waals surface area contributed by atoms with E-state index in [1.807, 2.05) is 0 Å². The van der Waals surface area contributed by atoms with Crippen LogP contribution in [0, 0.1) is 0 Å². The first-order valence-electron chi connectivity index (χ1n) is 7.03. The molecule has 18 heavy (non-hydrogen) atoms. The van der Waals surface area contributed by atoms with Crippen LogP contribution in [0.2, 0.25) is 0 Å². The van der Waals surface area contributed by atoms with Crippen LogP contribution in [0.25, 0.3) is 0 Å². The van der Waals surface area contributed by atoms with E-state index in [9.17, 15) is 0 Å². The molecule has 0 spiro atoms. The van der Waals surface area contributed by atoms with Gasteiger partial charge in [0.05, 0.1) is 0 Å². The van der Waals surface area contributed by atoms with E-state index in [1.54, 1.807) is 14.2 Å². The Labute approximate surface area is 113 Å². The quantitative estimate of drug-likeness (QED) is 0.544. The zero-order chi connectivity index (χ0) is 14.0. The molecule has 110 valence electrons. The fraction of sp³-hybridized carbons (Fsp3) is 1.00. The lowest BCUT2D eigenvalue weighted by Crippen LogP contribution is -2.57. The summed E-state index contributed by atoms with van der Waals surface area (Å²) in [5.41, 5.74) is -0.0759. The second-order valence-electron chi connectivity index (χ2n) is 4.34. The van der Waals surface area contributed by atoms with Gasteiger partial charge >= 0.3 is 8.80 Å². The number of ether oxygens (including phenoxy) is 1. The van der Waals surface area contributed by atoms with Gasteiger partial charge in [-0.15, -0.1) is 0 Å². The predicted octanol–water partition coefficient (Wildman–Crippen LogP) is 3.17. The number of hydrogen-bond acceptors (Lipinski definition) is 4. The molecule has 0 rings (SSSR count). The Morgan fingerprint density at radius 2 is 1.44 bits per heavy atom. The standard InChI is InChI=1S/C13H30O4Si/c1-7-11-16-13(10-4)18(14-5,15-6)17-12(8-2)9-3/h12-13H,7-11H2,1-6H3. The highest BCUT2D eigenvalue weighted by Crippen LogP contribution is 2.23. The molecule has 1 unspecified atom stereocenters. The Bertz CT molecular complexity index is 193.